The van der Waals surface area contributed by atoms with Gasteiger partial charge in [0.15, 0.2) is 0 Å². The van der Waals surface area contributed by atoms with Crippen LogP contribution < -0.4 is 0 Å². The molecule has 2 aliphatic carbocycles. The molecule has 2 fully saturated rings. The van der Waals surface area contributed by atoms with Gasteiger partial charge < -0.3 is 4.43 Å². The molecule has 0 radical (unpaired) electrons. The van der Waals surface area contributed by atoms with E-state index >= 15 is 0 Å². The third-order valence-electron chi connectivity index (χ3n) is 6.55. The maximum atomic E-state index is 5.18. The summed E-state index contributed by atoms with van der Waals surface area (Å²) in [7, 11) is 0.919. The normalized spacial score (nSPS) is 18.4. The Labute approximate surface area is 175 Å². The standard InChI is InChI=1S/C18H20.C8H18OSi/c1-3-9-15(10-4-1)17-13-7-8-14-18(17)16-11-5-2-6-12-16;10-9-7-6-8-4-2-1-3-5-8/h1,3-4,7-10,13-14,16H,2,5-6,11-12H2;8H,1-7H2,10H3. The average molecular weight is 395 g/mol. The summed E-state index contributed by atoms with van der Waals surface area (Å²) in [6, 6.07) is 19.8. The second kappa shape index (κ2) is 12.2. The first-order chi connectivity index (χ1) is 13.9. The molecule has 2 aliphatic rings. The molecule has 0 bridgehead atoms. The van der Waals surface area contributed by atoms with Gasteiger partial charge in [0.25, 0.3) is 0 Å². The Hall–Kier alpha value is -1.38. The van der Waals surface area contributed by atoms with Crippen molar-refractivity contribution in [2.24, 2.45) is 5.92 Å². The van der Waals surface area contributed by atoms with Crippen molar-refractivity contribution in [3.05, 3.63) is 60.2 Å². The number of rotatable bonds is 5. The van der Waals surface area contributed by atoms with Gasteiger partial charge in [-0.1, -0.05) is 106 Å². The summed E-state index contributed by atoms with van der Waals surface area (Å²) in [5.74, 6) is 1.78. The minimum absolute atomic E-state index is 0.773. The van der Waals surface area contributed by atoms with Gasteiger partial charge in [0.2, 0.25) is 0 Å². The molecule has 0 amide bonds. The van der Waals surface area contributed by atoms with E-state index in [0.29, 0.717) is 0 Å². The first-order valence-electron chi connectivity index (χ1n) is 11.5. The molecule has 0 aliphatic heterocycles. The summed E-state index contributed by atoms with van der Waals surface area (Å²) in [6.07, 6.45) is 15.6. The third kappa shape index (κ3) is 6.60. The Balaban J connectivity index is 0.000000192. The second-order valence-electron chi connectivity index (χ2n) is 8.57. The van der Waals surface area contributed by atoms with E-state index in [1.54, 1.807) is 5.56 Å². The first-order valence-corrected chi connectivity index (χ1v) is 12.3. The fourth-order valence-corrected chi connectivity index (χ4v) is 5.14. The lowest BCUT2D eigenvalue weighted by Gasteiger charge is -2.24. The van der Waals surface area contributed by atoms with Gasteiger partial charge in [0.05, 0.1) is 0 Å². The molecule has 2 saturated carbocycles. The quantitative estimate of drug-likeness (QED) is 0.515. The summed E-state index contributed by atoms with van der Waals surface area (Å²) in [5, 5.41) is 0. The maximum Gasteiger partial charge on any atom is 0.145 e. The minimum Gasteiger partial charge on any atom is -0.428 e. The van der Waals surface area contributed by atoms with E-state index in [2.05, 4.69) is 54.6 Å². The van der Waals surface area contributed by atoms with Crippen molar-refractivity contribution >= 4 is 10.5 Å². The monoisotopic (exact) mass is 394 g/mol. The summed E-state index contributed by atoms with van der Waals surface area (Å²) in [6.45, 7) is 1.02. The van der Waals surface area contributed by atoms with Crippen molar-refractivity contribution in [2.75, 3.05) is 6.61 Å². The molecule has 0 saturated heterocycles. The molecule has 0 heterocycles. The van der Waals surface area contributed by atoms with Crippen molar-refractivity contribution in [3.63, 3.8) is 0 Å². The Bertz CT molecular complexity index is 657. The Morgan fingerprint density at radius 2 is 1.32 bits per heavy atom. The topological polar surface area (TPSA) is 9.23 Å². The van der Waals surface area contributed by atoms with Crippen molar-refractivity contribution in [1.29, 1.82) is 0 Å². The molecule has 1 nitrogen and oxygen atoms in total. The Morgan fingerprint density at radius 1 is 0.714 bits per heavy atom. The molecule has 152 valence electrons. The van der Waals surface area contributed by atoms with Crippen LogP contribution >= 0.6 is 0 Å². The SMILES string of the molecule is [SiH3]OCCC1CCCCC1.c1ccc(-c2ccccc2C2CCCCC2)cc1. The number of hydrogen-bond donors (Lipinski definition) is 0. The summed E-state index contributed by atoms with van der Waals surface area (Å²) in [5.41, 5.74) is 4.35. The molecule has 0 N–H and O–H groups in total. The zero-order valence-electron chi connectivity index (χ0n) is 17.7. The van der Waals surface area contributed by atoms with E-state index in [1.165, 1.54) is 81.8 Å². The highest BCUT2D eigenvalue weighted by Gasteiger charge is 2.18. The van der Waals surface area contributed by atoms with Gasteiger partial charge in [0, 0.05) is 6.61 Å². The molecule has 0 atom stereocenters. The highest BCUT2D eigenvalue weighted by molar-refractivity contribution is 5.97. The zero-order chi connectivity index (χ0) is 19.4. The largest absolute Gasteiger partial charge is 0.428 e. The van der Waals surface area contributed by atoms with Crippen molar-refractivity contribution in [3.8, 4) is 11.1 Å². The number of hydrogen-bond acceptors (Lipinski definition) is 1. The lowest BCUT2D eigenvalue weighted by molar-refractivity contribution is 0.260. The van der Waals surface area contributed by atoms with E-state index in [-0.39, 0.29) is 0 Å². The average Bonchev–Trinajstić information content (AvgIpc) is 2.80. The van der Waals surface area contributed by atoms with E-state index in [1.807, 2.05) is 0 Å². The fourth-order valence-electron chi connectivity index (χ4n) is 4.91. The molecule has 2 heteroatoms. The van der Waals surface area contributed by atoms with Gasteiger partial charge in [-0.2, -0.15) is 0 Å². The molecular formula is C26H38OSi. The summed E-state index contributed by atoms with van der Waals surface area (Å²) >= 11 is 0. The zero-order valence-corrected chi connectivity index (χ0v) is 19.7. The Kier molecular flexibility index (Phi) is 9.32. The third-order valence-corrected chi connectivity index (χ3v) is 6.95. The molecule has 2 aromatic carbocycles. The van der Waals surface area contributed by atoms with Gasteiger partial charge in [-0.05, 0) is 47.8 Å². The summed E-state index contributed by atoms with van der Waals surface area (Å²) < 4.78 is 5.18. The van der Waals surface area contributed by atoms with Crippen molar-refractivity contribution in [1.82, 2.24) is 0 Å². The predicted octanol–water partition coefficient (Wildman–Crippen LogP) is 6.66. The van der Waals surface area contributed by atoms with Gasteiger partial charge in [-0.25, -0.2) is 0 Å². The smallest absolute Gasteiger partial charge is 0.145 e. The van der Waals surface area contributed by atoms with Gasteiger partial charge in [0.1, 0.15) is 10.5 Å². The fraction of sp³-hybridized carbons (Fsp3) is 0.538. The number of benzene rings is 2. The minimum atomic E-state index is 0.773. The molecule has 28 heavy (non-hydrogen) atoms. The van der Waals surface area contributed by atoms with Crippen LogP contribution in [0.3, 0.4) is 0 Å². The molecule has 4 rings (SSSR count). The molecule has 2 aromatic rings. The molecule has 0 unspecified atom stereocenters. The van der Waals surface area contributed by atoms with Crippen LogP contribution in [0.2, 0.25) is 0 Å². The van der Waals surface area contributed by atoms with Crippen LogP contribution in [0.15, 0.2) is 54.6 Å². The highest BCUT2D eigenvalue weighted by Crippen LogP contribution is 2.37. The van der Waals surface area contributed by atoms with Gasteiger partial charge in [-0.15, -0.1) is 0 Å². The van der Waals surface area contributed by atoms with E-state index in [9.17, 15) is 0 Å². The lowest BCUT2D eigenvalue weighted by Crippen LogP contribution is -2.08. The Morgan fingerprint density at radius 3 is 2.00 bits per heavy atom. The van der Waals surface area contributed by atoms with Crippen molar-refractivity contribution < 1.29 is 4.43 Å². The molecule has 0 spiro atoms. The van der Waals surface area contributed by atoms with E-state index in [4.69, 9.17) is 4.43 Å². The van der Waals surface area contributed by atoms with Crippen LogP contribution in [0.1, 0.15) is 82.1 Å². The second-order valence-corrected chi connectivity index (χ2v) is 9.15. The maximum absolute atomic E-state index is 5.18. The molecule has 0 aromatic heterocycles. The predicted molar refractivity (Wildman–Crippen MR) is 125 cm³/mol. The van der Waals surface area contributed by atoms with E-state index in [0.717, 1.165) is 28.9 Å². The highest BCUT2D eigenvalue weighted by atomic mass is 28.2. The van der Waals surface area contributed by atoms with E-state index < -0.39 is 0 Å². The molecular weight excluding hydrogens is 356 g/mol. The first kappa shape index (κ1) is 21.3. The van der Waals surface area contributed by atoms with Crippen LogP contribution in [0, 0.1) is 5.92 Å². The van der Waals surface area contributed by atoms with Crippen LogP contribution in [-0.4, -0.2) is 17.1 Å². The van der Waals surface area contributed by atoms with Crippen LogP contribution in [0.4, 0.5) is 0 Å². The van der Waals surface area contributed by atoms with Gasteiger partial charge in [-0.3, -0.25) is 0 Å². The van der Waals surface area contributed by atoms with Gasteiger partial charge >= 0.3 is 0 Å². The van der Waals surface area contributed by atoms with Crippen LogP contribution in [0.5, 0.6) is 0 Å². The van der Waals surface area contributed by atoms with Crippen LogP contribution in [-0.2, 0) is 4.43 Å². The summed E-state index contributed by atoms with van der Waals surface area (Å²) in [4.78, 5) is 0. The van der Waals surface area contributed by atoms with Crippen LogP contribution in [0.25, 0.3) is 11.1 Å². The van der Waals surface area contributed by atoms with Crippen molar-refractivity contribution in [2.45, 2.75) is 76.5 Å². The lowest BCUT2D eigenvalue weighted by atomic mass is 9.81.